The number of aromatic nitrogens is 1. The summed E-state index contributed by atoms with van der Waals surface area (Å²) in [4.78, 5) is 4.37. The predicted molar refractivity (Wildman–Crippen MR) is 81.4 cm³/mol. The van der Waals surface area contributed by atoms with E-state index in [-0.39, 0.29) is 5.88 Å². The van der Waals surface area contributed by atoms with Crippen molar-refractivity contribution in [2.75, 3.05) is 25.7 Å². The Hall–Kier alpha value is -2.89. The van der Waals surface area contributed by atoms with Crippen molar-refractivity contribution < 1.29 is 13.9 Å². The van der Waals surface area contributed by atoms with Gasteiger partial charge in [0, 0.05) is 23.2 Å². The fraction of sp³-hybridized carbons (Fsp3) is 0.133. The van der Waals surface area contributed by atoms with E-state index in [4.69, 9.17) is 25.4 Å². The molecule has 0 fully saturated rings. The number of fused-ring (bicyclic) bond motifs is 1. The molecule has 0 radical (unpaired) electrons. The maximum absolute atomic E-state index is 5.90. The van der Waals surface area contributed by atoms with Gasteiger partial charge in [0.1, 0.15) is 22.9 Å². The van der Waals surface area contributed by atoms with Crippen molar-refractivity contribution in [3.8, 4) is 22.8 Å². The van der Waals surface area contributed by atoms with Crippen LogP contribution in [0.3, 0.4) is 0 Å². The molecule has 2 aromatic heterocycles. The molecule has 21 heavy (non-hydrogen) atoms. The first kappa shape index (κ1) is 13.1. The van der Waals surface area contributed by atoms with Gasteiger partial charge < -0.3 is 25.4 Å². The standard InChI is InChI=1S/C15H15N3O3/c1-19-8-3-4-9(11(7-8)20-2)13-14-10(5-6-18-13)12(16)15(17)21-14/h3-7H,16-17H2,1-2H3. The van der Waals surface area contributed by atoms with Gasteiger partial charge in [0.05, 0.1) is 14.2 Å². The second-order valence-electron chi connectivity index (χ2n) is 4.48. The van der Waals surface area contributed by atoms with E-state index >= 15 is 0 Å². The molecule has 2 heterocycles. The van der Waals surface area contributed by atoms with Crippen LogP contribution >= 0.6 is 0 Å². The van der Waals surface area contributed by atoms with Crippen molar-refractivity contribution in [3.63, 3.8) is 0 Å². The van der Waals surface area contributed by atoms with E-state index in [1.54, 1.807) is 32.5 Å². The van der Waals surface area contributed by atoms with E-state index in [0.29, 0.717) is 28.5 Å². The number of hydrogen-bond donors (Lipinski definition) is 2. The lowest BCUT2D eigenvalue weighted by Gasteiger charge is -2.10. The van der Waals surface area contributed by atoms with Crippen molar-refractivity contribution in [1.29, 1.82) is 0 Å². The number of methoxy groups -OCH3 is 2. The number of nitrogens with zero attached hydrogens (tertiary/aromatic N) is 1. The largest absolute Gasteiger partial charge is 0.497 e. The molecule has 0 bridgehead atoms. The van der Waals surface area contributed by atoms with Crippen LogP contribution in [-0.4, -0.2) is 19.2 Å². The summed E-state index contributed by atoms with van der Waals surface area (Å²) < 4.78 is 16.1. The van der Waals surface area contributed by atoms with Crippen LogP contribution < -0.4 is 20.9 Å². The van der Waals surface area contributed by atoms with Crippen molar-refractivity contribution in [2.45, 2.75) is 0 Å². The van der Waals surface area contributed by atoms with Gasteiger partial charge in [0.25, 0.3) is 0 Å². The molecular formula is C15H15N3O3. The summed E-state index contributed by atoms with van der Waals surface area (Å²) in [6.45, 7) is 0. The topological polar surface area (TPSA) is 96.5 Å². The lowest BCUT2D eigenvalue weighted by Crippen LogP contribution is -1.92. The number of nitrogens with two attached hydrogens (primary N) is 2. The molecule has 108 valence electrons. The van der Waals surface area contributed by atoms with E-state index in [1.807, 2.05) is 12.1 Å². The fourth-order valence-electron chi connectivity index (χ4n) is 2.25. The van der Waals surface area contributed by atoms with Crippen LogP contribution in [0.4, 0.5) is 11.6 Å². The number of benzene rings is 1. The highest BCUT2D eigenvalue weighted by Crippen LogP contribution is 2.39. The third kappa shape index (κ3) is 2.01. The minimum absolute atomic E-state index is 0.187. The maximum atomic E-state index is 5.90. The average Bonchev–Trinajstić information content (AvgIpc) is 2.82. The van der Waals surface area contributed by atoms with Gasteiger partial charge in [-0.3, -0.25) is 4.98 Å². The Morgan fingerprint density at radius 1 is 1.10 bits per heavy atom. The molecular weight excluding hydrogens is 270 g/mol. The minimum atomic E-state index is 0.187. The molecule has 0 saturated heterocycles. The van der Waals surface area contributed by atoms with E-state index < -0.39 is 0 Å². The molecule has 0 saturated carbocycles. The van der Waals surface area contributed by atoms with Gasteiger partial charge in [0.2, 0.25) is 5.88 Å². The van der Waals surface area contributed by atoms with Gasteiger partial charge in [-0.25, -0.2) is 0 Å². The maximum Gasteiger partial charge on any atom is 0.214 e. The molecule has 0 atom stereocenters. The Morgan fingerprint density at radius 3 is 2.62 bits per heavy atom. The summed E-state index contributed by atoms with van der Waals surface area (Å²) >= 11 is 0. The van der Waals surface area contributed by atoms with E-state index in [1.165, 1.54) is 0 Å². The molecule has 1 aromatic carbocycles. The molecule has 4 N–H and O–H groups in total. The van der Waals surface area contributed by atoms with Gasteiger partial charge in [-0.15, -0.1) is 0 Å². The first-order valence-electron chi connectivity index (χ1n) is 6.30. The van der Waals surface area contributed by atoms with Crippen LogP contribution in [0.5, 0.6) is 11.5 Å². The number of ether oxygens (including phenoxy) is 2. The summed E-state index contributed by atoms with van der Waals surface area (Å²) in [6.07, 6.45) is 1.66. The molecule has 6 heteroatoms. The third-order valence-corrected chi connectivity index (χ3v) is 3.34. The number of furan rings is 1. The van der Waals surface area contributed by atoms with Crippen LogP contribution in [0, 0.1) is 0 Å². The predicted octanol–water partition coefficient (Wildman–Crippen LogP) is 2.68. The minimum Gasteiger partial charge on any atom is -0.497 e. The number of anilines is 2. The normalized spacial score (nSPS) is 10.8. The highest BCUT2D eigenvalue weighted by molar-refractivity contribution is 6.01. The zero-order valence-electron chi connectivity index (χ0n) is 11.7. The molecule has 3 aromatic rings. The van der Waals surface area contributed by atoms with E-state index in [9.17, 15) is 0 Å². The lowest BCUT2D eigenvalue weighted by molar-refractivity contribution is 0.395. The highest BCUT2D eigenvalue weighted by atomic mass is 16.5. The Bertz CT molecular complexity index is 811. The number of nitrogen functional groups attached to an aromatic ring is 2. The number of rotatable bonds is 3. The Morgan fingerprint density at radius 2 is 1.90 bits per heavy atom. The second kappa shape index (κ2) is 4.90. The molecule has 0 unspecified atom stereocenters. The van der Waals surface area contributed by atoms with Crippen LogP contribution in [0.25, 0.3) is 22.2 Å². The zero-order chi connectivity index (χ0) is 15.0. The van der Waals surface area contributed by atoms with Gasteiger partial charge >= 0.3 is 0 Å². The van der Waals surface area contributed by atoms with Gasteiger partial charge in [-0.05, 0) is 18.2 Å². The first-order valence-corrected chi connectivity index (χ1v) is 6.30. The Balaban J connectivity index is 2.28. The third-order valence-electron chi connectivity index (χ3n) is 3.34. The molecule has 0 aliphatic heterocycles. The van der Waals surface area contributed by atoms with Gasteiger partial charge in [-0.2, -0.15) is 0 Å². The smallest absolute Gasteiger partial charge is 0.214 e. The van der Waals surface area contributed by atoms with Crippen molar-refractivity contribution in [1.82, 2.24) is 4.98 Å². The molecule has 0 aliphatic rings. The SMILES string of the molecule is COc1ccc(-c2nccc3c(N)c(N)oc23)c(OC)c1. The Kier molecular flexibility index (Phi) is 3.06. The molecule has 6 nitrogen and oxygen atoms in total. The van der Waals surface area contributed by atoms with Gasteiger partial charge in [-0.1, -0.05) is 0 Å². The second-order valence-corrected chi connectivity index (χ2v) is 4.48. The molecule has 0 aliphatic carbocycles. The molecule has 3 rings (SSSR count). The number of hydrogen-bond acceptors (Lipinski definition) is 6. The van der Waals surface area contributed by atoms with Gasteiger partial charge in [0.15, 0.2) is 5.58 Å². The molecule has 0 spiro atoms. The first-order chi connectivity index (χ1) is 10.2. The van der Waals surface area contributed by atoms with Crippen LogP contribution in [-0.2, 0) is 0 Å². The summed E-state index contributed by atoms with van der Waals surface area (Å²) in [6, 6.07) is 7.23. The fourth-order valence-corrected chi connectivity index (χ4v) is 2.25. The van der Waals surface area contributed by atoms with Crippen LogP contribution in [0.1, 0.15) is 0 Å². The van der Waals surface area contributed by atoms with E-state index in [2.05, 4.69) is 4.98 Å². The van der Waals surface area contributed by atoms with E-state index in [0.717, 1.165) is 10.9 Å². The van der Waals surface area contributed by atoms with Crippen molar-refractivity contribution in [3.05, 3.63) is 30.5 Å². The quantitative estimate of drug-likeness (QED) is 0.768. The summed E-state index contributed by atoms with van der Waals surface area (Å²) in [5, 5.41) is 0.732. The molecule has 0 amide bonds. The zero-order valence-corrected chi connectivity index (χ0v) is 11.7. The average molecular weight is 285 g/mol. The summed E-state index contributed by atoms with van der Waals surface area (Å²) in [5.74, 6) is 1.51. The van der Waals surface area contributed by atoms with Crippen LogP contribution in [0.15, 0.2) is 34.9 Å². The van der Waals surface area contributed by atoms with Crippen molar-refractivity contribution >= 4 is 22.5 Å². The summed E-state index contributed by atoms with van der Waals surface area (Å²) in [7, 11) is 3.19. The van der Waals surface area contributed by atoms with Crippen molar-refractivity contribution in [2.24, 2.45) is 0 Å². The van der Waals surface area contributed by atoms with Crippen LogP contribution in [0.2, 0.25) is 0 Å². The lowest BCUT2D eigenvalue weighted by atomic mass is 10.1. The monoisotopic (exact) mass is 285 g/mol. The number of pyridine rings is 1. The summed E-state index contributed by atoms with van der Waals surface area (Å²) in [5.41, 5.74) is 14.0. The Labute approximate surface area is 121 Å². The highest BCUT2D eigenvalue weighted by Gasteiger charge is 2.17.